The minimum Gasteiger partial charge on any atom is -0.490 e. The van der Waals surface area contributed by atoms with Gasteiger partial charge in [-0.2, -0.15) is 0 Å². The molecule has 8 rings (SSSR count). The number of nitrogens with one attached hydrogen (secondary N) is 1. The fourth-order valence-electron chi connectivity index (χ4n) is 9.85. The summed E-state index contributed by atoms with van der Waals surface area (Å²) in [5.41, 5.74) is 6.02. The summed E-state index contributed by atoms with van der Waals surface area (Å²) in [4.78, 5) is 15.1. The van der Waals surface area contributed by atoms with Crippen molar-refractivity contribution in [2.75, 3.05) is 38.2 Å². The van der Waals surface area contributed by atoms with Gasteiger partial charge in [-0.3, -0.25) is 9.69 Å². The third-order valence-electron chi connectivity index (χ3n) is 12.5. The maximum atomic E-state index is 12.8. The van der Waals surface area contributed by atoms with Gasteiger partial charge >= 0.3 is 0 Å². The number of ether oxygens (including phenoxy) is 4. The van der Waals surface area contributed by atoms with Crippen LogP contribution in [0.15, 0.2) is 103 Å². The molecule has 0 unspecified atom stereocenters. The second-order valence-electron chi connectivity index (χ2n) is 15.8. The predicted octanol–water partition coefficient (Wildman–Crippen LogP) is 8.82. The Morgan fingerprint density at radius 2 is 1.57 bits per heavy atom. The molecule has 1 heterocycles. The van der Waals surface area contributed by atoms with E-state index in [1.54, 1.807) is 0 Å². The zero-order valence-electron chi connectivity index (χ0n) is 31.1. The Bertz CT molecular complexity index is 1790. The molecule has 53 heavy (non-hydrogen) atoms. The van der Waals surface area contributed by atoms with Gasteiger partial charge < -0.3 is 24.3 Å². The molecule has 6 atom stereocenters. The van der Waals surface area contributed by atoms with Crippen LogP contribution in [0.25, 0.3) is 0 Å². The topological polar surface area (TPSA) is 69.3 Å². The fourth-order valence-corrected chi connectivity index (χ4v) is 9.85. The van der Waals surface area contributed by atoms with Crippen molar-refractivity contribution in [1.82, 2.24) is 4.90 Å². The molecule has 0 radical (unpaired) electrons. The van der Waals surface area contributed by atoms with Crippen LogP contribution in [-0.2, 0) is 33.9 Å². The number of aryl methyl sites for hydroxylation is 1. The second kappa shape index (κ2) is 16.5. The molecule has 4 aromatic rings. The van der Waals surface area contributed by atoms with E-state index >= 15 is 0 Å². The highest BCUT2D eigenvalue weighted by molar-refractivity contribution is 5.90. The number of hydrogen-bond donors (Lipinski definition) is 1. The molecule has 4 aromatic carbocycles. The number of fused-ring (bicyclic) bond motifs is 5. The lowest BCUT2D eigenvalue weighted by Gasteiger charge is -2.53. The number of nitrogens with zero attached hydrogens (tertiary/aromatic N) is 1. The number of hydrogen-bond acceptors (Lipinski definition) is 6. The minimum absolute atomic E-state index is 0.00191. The van der Waals surface area contributed by atoms with Crippen molar-refractivity contribution in [2.45, 2.75) is 83.2 Å². The largest absolute Gasteiger partial charge is 0.490 e. The van der Waals surface area contributed by atoms with Crippen molar-refractivity contribution < 1.29 is 23.7 Å². The van der Waals surface area contributed by atoms with E-state index in [1.165, 1.54) is 28.7 Å². The van der Waals surface area contributed by atoms with Crippen LogP contribution in [0.4, 0.5) is 5.69 Å². The van der Waals surface area contributed by atoms with Crippen molar-refractivity contribution >= 4 is 11.6 Å². The zero-order valence-corrected chi connectivity index (χ0v) is 31.1. The molecular weight excluding hydrogens is 661 g/mol. The number of benzene rings is 4. The Labute approximate surface area is 315 Å². The number of carbonyl (C=O) groups is 1. The molecule has 4 aliphatic rings. The Hall–Kier alpha value is -4.17. The SMILES string of the molecule is C[C@]12C[C@H](Oc3ccc(NC(=O)CCCN4CCOCC4)cc3)[C@@H]3c4ccc(OCc5ccccc5)cc4CC[C@H]3[C@@H]1CC[C@@H]2OCc1ccccc1. The van der Waals surface area contributed by atoms with Crippen molar-refractivity contribution in [3.63, 3.8) is 0 Å². The van der Waals surface area contributed by atoms with E-state index in [9.17, 15) is 4.79 Å². The highest BCUT2D eigenvalue weighted by atomic mass is 16.5. The third kappa shape index (κ3) is 8.33. The summed E-state index contributed by atoms with van der Waals surface area (Å²) in [5, 5.41) is 3.10. The maximum Gasteiger partial charge on any atom is 0.224 e. The van der Waals surface area contributed by atoms with Crippen LogP contribution in [-0.4, -0.2) is 55.9 Å². The molecule has 7 heteroatoms. The first-order valence-electron chi connectivity index (χ1n) is 19.8. The lowest BCUT2D eigenvalue weighted by molar-refractivity contribution is -0.116. The molecule has 1 saturated heterocycles. The molecule has 278 valence electrons. The van der Waals surface area contributed by atoms with Gasteiger partial charge in [-0.25, -0.2) is 0 Å². The van der Waals surface area contributed by atoms with E-state index in [0.717, 1.165) is 82.1 Å². The molecular formula is C46H54N2O5. The summed E-state index contributed by atoms with van der Waals surface area (Å²) in [6.07, 6.45) is 6.94. The van der Waals surface area contributed by atoms with Gasteiger partial charge in [0.1, 0.15) is 24.2 Å². The van der Waals surface area contributed by atoms with Crippen LogP contribution >= 0.6 is 0 Å². The molecule has 3 fully saturated rings. The molecule has 0 bridgehead atoms. The Morgan fingerprint density at radius 3 is 2.32 bits per heavy atom. The molecule has 2 saturated carbocycles. The first kappa shape index (κ1) is 35.8. The summed E-state index contributed by atoms with van der Waals surface area (Å²) < 4.78 is 25.6. The monoisotopic (exact) mass is 714 g/mol. The second-order valence-corrected chi connectivity index (χ2v) is 15.8. The van der Waals surface area contributed by atoms with Crippen molar-refractivity contribution in [1.29, 1.82) is 0 Å². The number of carbonyl (C=O) groups excluding carboxylic acids is 1. The first-order valence-corrected chi connectivity index (χ1v) is 19.8. The molecule has 3 aliphatic carbocycles. The summed E-state index contributed by atoms with van der Waals surface area (Å²) in [6.45, 7) is 8.06. The Balaban J connectivity index is 0.983. The summed E-state index contributed by atoms with van der Waals surface area (Å²) in [6, 6.07) is 35.7. The molecule has 1 amide bonds. The van der Waals surface area contributed by atoms with Crippen LogP contribution in [0, 0.1) is 17.3 Å². The van der Waals surface area contributed by atoms with Gasteiger partial charge in [0, 0.05) is 36.5 Å². The summed E-state index contributed by atoms with van der Waals surface area (Å²) >= 11 is 0. The van der Waals surface area contributed by atoms with E-state index in [0.29, 0.717) is 37.4 Å². The van der Waals surface area contributed by atoms with Gasteiger partial charge in [-0.15, -0.1) is 0 Å². The van der Waals surface area contributed by atoms with Crippen molar-refractivity contribution in [2.24, 2.45) is 17.3 Å². The smallest absolute Gasteiger partial charge is 0.224 e. The molecule has 1 aliphatic heterocycles. The number of rotatable bonds is 13. The third-order valence-corrected chi connectivity index (χ3v) is 12.5. The van der Waals surface area contributed by atoms with E-state index in [2.05, 4.69) is 89.9 Å². The summed E-state index contributed by atoms with van der Waals surface area (Å²) in [5.74, 6) is 3.21. The standard InChI is InChI=1S/C46H54N2O5/c1-46-30-42(53-37-17-15-36(16-18-37)47-44(49)13-8-24-48-25-27-50-28-26-48)45-39-21-19-38(51-31-33-9-4-2-5-10-33)29-35(39)14-20-40(45)41(46)22-23-43(46)52-32-34-11-6-3-7-12-34/h2-7,9-12,15-19,21,29,40-43,45H,8,13-14,20,22-28,30-32H2,1H3,(H,47,49)/t40-,41-,42-,43-,45+,46-/m0/s1. The van der Waals surface area contributed by atoms with E-state index < -0.39 is 0 Å². The van der Waals surface area contributed by atoms with Crippen LogP contribution in [0.5, 0.6) is 11.5 Å². The number of morpholine rings is 1. The van der Waals surface area contributed by atoms with E-state index in [-0.39, 0.29) is 23.5 Å². The molecule has 0 spiro atoms. The van der Waals surface area contributed by atoms with Gasteiger partial charge in [-0.1, -0.05) is 73.7 Å². The van der Waals surface area contributed by atoms with Gasteiger partial charge in [0.2, 0.25) is 5.91 Å². The van der Waals surface area contributed by atoms with Gasteiger partial charge in [-0.05, 0) is 116 Å². The minimum atomic E-state index is -0.00191. The van der Waals surface area contributed by atoms with E-state index in [4.69, 9.17) is 18.9 Å². The van der Waals surface area contributed by atoms with Gasteiger partial charge in [0.25, 0.3) is 0 Å². The van der Waals surface area contributed by atoms with Crippen LogP contribution < -0.4 is 14.8 Å². The summed E-state index contributed by atoms with van der Waals surface area (Å²) in [7, 11) is 0. The molecule has 7 nitrogen and oxygen atoms in total. The lowest BCUT2D eigenvalue weighted by atomic mass is 9.54. The highest BCUT2D eigenvalue weighted by Crippen LogP contribution is 2.62. The predicted molar refractivity (Wildman–Crippen MR) is 208 cm³/mol. The zero-order chi connectivity index (χ0) is 36.0. The Kier molecular flexibility index (Phi) is 11.1. The molecule has 1 N–H and O–H groups in total. The quantitative estimate of drug-likeness (QED) is 0.149. The average molecular weight is 715 g/mol. The van der Waals surface area contributed by atoms with E-state index in [1.807, 2.05) is 30.3 Å². The highest BCUT2D eigenvalue weighted by Gasteiger charge is 2.59. The van der Waals surface area contributed by atoms with Crippen LogP contribution in [0.2, 0.25) is 0 Å². The van der Waals surface area contributed by atoms with Crippen molar-refractivity contribution in [3.05, 3.63) is 125 Å². The average Bonchev–Trinajstić information content (AvgIpc) is 3.53. The number of anilines is 1. The van der Waals surface area contributed by atoms with Crippen molar-refractivity contribution in [3.8, 4) is 11.5 Å². The molecule has 0 aromatic heterocycles. The van der Waals surface area contributed by atoms with Gasteiger partial charge in [0.05, 0.1) is 25.9 Å². The first-order chi connectivity index (χ1) is 26.0. The maximum absolute atomic E-state index is 12.8. The van der Waals surface area contributed by atoms with Crippen LogP contribution in [0.1, 0.15) is 73.6 Å². The lowest BCUT2D eigenvalue weighted by Crippen LogP contribution is -2.52. The Morgan fingerprint density at radius 1 is 0.849 bits per heavy atom. The normalized spacial score (nSPS) is 26.5. The van der Waals surface area contributed by atoms with Gasteiger partial charge in [0.15, 0.2) is 0 Å². The van der Waals surface area contributed by atoms with Crippen LogP contribution in [0.3, 0.4) is 0 Å². The fraction of sp³-hybridized carbons (Fsp3) is 0.457. The number of amides is 1.